The Labute approximate surface area is 92.1 Å². The van der Waals surface area contributed by atoms with Crippen LogP contribution in [0.1, 0.15) is 5.56 Å². The molecule has 0 aliphatic carbocycles. The minimum Gasteiger partial charge on any atom is -0.486 e. The number of nitrogens with one attached hydrogen (secondary N) is 1. The highest BCUT2D eigenvalue weighted by Gasteiger charge is 2.14. The number of carbonyl (C=O) groups excluding carboxylic acids is 1. The van der Waals surface area contributed by atoms with Crippen LogP contribution in [0.5, 0.6) is 11.5 Å². The summed E-state index contributed by atoms with van der Waals surface area (Å²) < 4.78 is 10.8. The Balaban J connectivity index is 2.36. The first-order chi connectivity index (χ1) is 7.16. The van der Waals surface area contributed by atoms with Crippen LogP contribution in [0, 0.1) is 6.92 Å². The van der Waals surface area contributed by atoms with Crippen LogP contribution in [0.3, 0.4) is 0 Å². The number of amides is 1. The predicted octanol–water partition coefficient (Wildman–Crippen LogP) is 2.54. The third kappa shape index (κ3) is 2.15. The molecule has 0 spiro atoms. The molecule has 1 aliphatic heterocycles. The van der Waals surface area contributed by atoms with Crippen molar-refractivity contribution in [3.05, 3.63) is 17.7 Å². The van der Waals surface area contributed by atoms with Gasteiger partial charge in [0.05, 0.1) is 0 Å². The number of rotatable bonds is 1. The summed E-state index contributed by atoms with van der Waals surface area (Å²) in [5.41, 5.74) is 1.52. The second kappa shape index (κ2) is 3.98. The Morgan fingerprint density at radius 2 is 1.93 bits per heavy atom. The van der Waals surface area contributed by atoms with Crippen molar-refractivity contribution < 1.29 is 14.3 Å². The largest absolute Gasteiger partial charge is 0.486 e. The fourth-order valence-electron chi connectivity index (χ4n) is 1.43. The number of aryl methyl sites for hydroxylation is 1. The SMILES string of the molecule is Cc1cc2c(cc1NC(=O)Cl)OCCO2. The molecule has 0 aromatic heterocycles. The molecule has 1 aromatic rings. The van der Waals surface area contributed by atoms with E-state index < -0.39 is 5.37 Å². The molecule has 4 nitrogen and oxygen atoms in total. The van der Waals surface area contributed by atoms with Gasteiger partial charge in [-0.1, -0.05) is 0 Å². The fraction of sp³-hybridized carbons (Fsp3) is 0.300. The molecule has 0 saturated heterocycles. The zero-order chi connectivity index (χ0) is 10.8. The lowest BCUT2D eigenvalue weighted by Crippen LogP contribution is -2.16. The normalized spacial score (nSPS) is 13.5. The van der Waals surface area contributed by atoms with Gasteiger partial charge in [-0.2, -0.15) is 0 Å². The molecular weight excluding hydrogens is 218 g/mol. The van der Waals surface area contributed by atoms with Gasteiger partial charge in [0.25, 0.3) is 0 Å². The van der Waals surface area contributed by atoms with Crippen LogP contribution in [0.25, 0.3) is 0 Å². The van der Waals surface area contributed by atoms with Crippen molar-refractivity contribution in [1.29, 1.82) is 0 Å². The van der Waals surface area contributed by atoms with Gasteiger partial charge in [0.2, 0.25) is 0 Å². The standard InChI is InChI=1S/C10H10ClNO3/c1-6-4-8-9(15-3-2-14-8)5-7(6)12-10(11)13/h4-5H,2-3H2,1H3,(H,12,13). The van der Waals surface area contributed by atoms with Gasteiger partial charge in [-0.25, -0.2) is 0 Å². The molecule has 1 N–H and O–H groups in total. The number of ether oxygens (including phenoxy) is 2. The minimum absolute atomic E-state index is 0.518. The first-order valence-corrected chi connectivity index (χ1v) is 4.91. The number of hydrogen-bond donors (Lipinski definition) is 1. The summed E-state index contributed by atoms with van der Waals surface area (Å²) in [5.74, 6) is 1.33. The van der Waals surface area contributed by atoms with E-state index >= 15 is 0 Å². The van der Waals surface area contributed by atoms with Gasteiger partial charge >= 0.3 is 5.37 Å². The van der Waals surface area contributed by atoms with Gasteiger partial charge in [0.15, 0.2) is 11.5 Å². The molecule has 0 fully saturated rings. The Morgan fingerprint density at radius 1 is 1.33 bits per heavy atom. The van der Waals surface area contributed by atoms with Crippen LogP contribution in [0.2, 0.25) is 0 Å². The maximum Gasteiger partial charge on any atom is 0.318 e. The van der Waals surface area contributed by atoms with E-state index in [-0.39, 0.29) is 0 Å². The molecule has 0 radical (unpaired) electrons. The van der Waals surface area contributed by atoms with Crippen molar-refractivity contribution in [3.63, 3.8) is 0 Å². The molecule has 5 heteroatoms. The van der Waals surface area contributed by atoms with Crippen molar-refractivity contribution >= 4 is 22.7 Å². The lowest BCUT2D eigenvalue weighted by molar-refractivity contribution is 0.171. The lowest BCUT2D eigenvalue weighted by atomic mass is 10.1. The molecule has 0 atom stereocenters. The highest BCUT2D eigenvalue weighted by Crippen LogP contribution is 2.35. The van der Waals surface area contributed by atoms with Crippen LogP contribution in [-0.4, -0.2) is 18.6 Å². The monoisotopic (exact) mass is 227 g/mol. The summed E-state index contributed by atoms with van der Waals surface area (Å²) in [6.45, 7) is 2.93. The second-order valence-electron chi connectivity index (χ2n) is 3.21. The molecule has 1 aromatic carbocycles. The topological polar surface area (TPSA) is 47.6 Å². The zero-order valence-corrected chi connectivity index (χ0v) is 8.93. The number of hydrogen-bond acceptors (Lipinski definition) is 3. The van der Waals surface area contributed by atoms with Crippen molar-refractivity contribution in [3.8, 4) is 11.5 Å². The van der Waals surface area contributed by atoms with Crippen LogP contribution >= 0.6 is 11.6 Å². The zero-order valence-electron chi connectivity index (χ0n) is 8.17. The van der Waals surface area contributed by atoms with E-state index in [9.17, 15) is 4.79 Å². The van der Waals surface area contributed by atoms with Gasteiger partial charge in [-0.05, 0) is 30.2 Å². The molecule has 0 unspecified atom stereocenters. The fourth-order valence-corrected chi connectivity index (χ4v) is 1.53. The quantitative estimate of drug-likeness (QED) is 0.593. The predicted molar refractivity (Wildman–Crippen MR) is 57.0 cm³/mol. The summed E-state index contributed by atoms with van der Waals surface area (Å²) in [4.78, 5) is 10.7. The van der Waals surface area contributed by atoms with E-state index in [4.69, 9.17) is 21.1 Å². The third-order valence-corrected chi connectivity index (χ3v) is 2.22. The van der Waals surface area contributed by atoms with Crippen LogP contribution < -0.4 is 14.8 Å². The maximum absolute atomic E-state index is 10.7. The van der Waals surface area contributed by atoms with E-state index in [1.165, 1.54) is 0 Å². The van der Waals surface area contributed by atoms with Crippen LogP contribution in [0.15, 0.2) is 12.1 Å². The van der Waals surface area contributed by atoms with Crippen molar-refractivity contribution in [2.75, 3.05) is 18.5 Å². The van der Waals surface area contributed by atoms with Crippen molar-refractivity contribution in [2.24, 2.45) is 0 Å². The Hall–Kier alpha value is -1.42. The van der Waals surface area contributed by atoms with Gasteiger partial charge in [-0.3, -0.25) is 4.79 Å². The van der Waals surface area contributed by atoms with E-state index in [0.29, 0.717) is 30.4 Å². The second-order valence-corrected chi connectivity index (χ2v) is 3.55. The Kier molecular flexibility index (Phi) is 2.68. The van der Waals surface area contributed by atoms with Crippen molar-refractivity contribution in [2.45, 2.75) is 6.92 Å². The number of anilines is 1. The van der Waals surface area contributed by atoms with E-state index in [0.717, 1.165) is 5.56 Å². The minimum atomic E-state index is -0.616. The van der Waals surface area contributed by atoms with Gasteiger partial charge in [0.1, 0.15) is 13.2 Å². The number of halogens is 1. The van der Waals surface area contributed by atoms with Gasteiger partial charge in [0, 0.05) is 11.8 Å². The summed E-state index contributed by atoms with van der Waals surface area (Å²) in [5, 5.41) is 1.90. The Bertz CT molecular complexity index is 406. The molecular formula is C10H10ClNO3. The average molecular weight is 228 g/mol. The van der Waals surface area contributed by atoms with E-state index in [1.807, 2.05) is 13.0 Å². The third-order valence-electron chi connectivity index (χ3n) is 2.12. The highest BCUT2D eigenvalue weighted by atomic mass is 35.5. The average Bonchev–Trinajstić information content (AvgIpc) is 2.18. The molecule has 1 amide bonds. The summed E-state index contributed by atoms with van der Waals surface area (Å²) in [7, 11) is 0. The maximum atomic E-state index is 10.7. The lowest BCUT2D eigenvalue weighted by Gasteiger charge is -2.20. The smallest absolute Gasteiger partial charge is 0.318 e. The highest BCUT2D eigenvalue weighted by molar-refractivity contribution is 6.65. The van der Waals surface area contributed by atoms with Crippen LogP contribution in [0.4, 0.5) is 10.5 Å². The molecule has 1 aliphatic rings. The van der Waals surface area contributed by atoms with Crippen molar-refractivity contribution in [1.82, 2.24) is 0 Å². The molecule has 0 saturated carbocycles. The number of fused-ring (bicyclic) bond motifs is 1. The Morgan fingerprint density at radius 3 is 2.53 bits per heavy atom. The summed E-state index contributed by atoms with van der Waals surface area (Å²) in [6.07, 6.45) is 0. The first kappa shape index (κ1) is 10.1. The summed E-state index contributed by atoms with van der Waals surface area (Å²) >= 11 is 5.25. The van der Waals surface area contributed by atoms with Gasteiger partial charge < -0.3 is 14.8 Å². The molecule has 15 heavy (non-hydrogen) atoms. The first-order valence-electron chi connectivity index (χ1n) is 4.53. The molecule has 0 bridgehead atoms. The van der Waals surface area contributed by atoms with Gasteiger partial charge in [-0.15, -0.1) is 0 Å². The number of benzene rings is 1. The van der Waals surface area contributed by atoms with E-state index in [1.54, 1.807) is 6.07 Å². The molecule has 2 rings (SSSR count). The van der Waals surface area contributed by atoms with E-state index in [2.05, 4.69) is 5.32 Å². The van der Waals surface area contributed by atoms with Crippen LogP contribution in [-0.2, 0) is 0 Å². The number of carbonyl (C=O) groups is 1. The molecule has 1 heterocycles. The molecule has 80 valence electrons. The summed E-state index contributed by atoms with van der Waals surface area (Å²) in [6, 6.07) is 3.53.